The molecule has 1 aromatic carbocycles. The Labute approximate surface area is 150 Å². The number of hydrogen-bond acceptors (Lipinski definition) is 4. The maximum absolute atomic E-state index is 13.6. The fraction of sp³-hybridized carbons (Fsp3) is 0.389. The fourth-order valence-electron chi connectivity index (χ4n) is 3.15. The van der Waals surface area contributed by atoms with Crippen molar-refractivity contribution in [3.8, 4) is 0 Å². The van der Waals surface area contributed by atoms with E-state index in [1.165, 1.54) is 18.2 Å². The molecule has 0 N–H and O–H groups in total. The van der Waals surface area contributed by atoms with E-state index in [1.807, 2.05) is 19.0 Å². The highest BCUT2D eigenvalue weighted by Gasteiger charge is 2.33. The standard InChI is InChI=1S/C18H18ClFN4O/c1-23(2)17-14-8-24(9-15(14)21-16(22-17)10-3-4-10)18(25)11-5-12(19)7-13(20)6-11/h5-7,10H,3-4,8-9H2,1-2H3. The van der Waals surface area contributed by atoms with E-state index in [2.05, 4.69) is 4.98 Å². The second kappa shape index (κ2) is 5.95. The lowest BCUT2D eigenvalue weighted by atomic mass is 10.2. The van der Waals surface area contributed by atoms with Crippen LogP contribution in [0.3, 0.4) is 0 Å². The molecule has 4 rings (SSSR count). The average molecular weight is 361 g/mol. The summed E-state index contributed by atoms with van der Waals surface area (Å²) in [6.07, 6.45) is 2.24. The molecule has 0 radical (unpaired) electrons. The summed E-state index contributed by atoms with van der Waals surface area (Å²) in [6, 6.07) is 3.89. The average Bonchev–Trinajstić information content (AvgIpc) is 3.31. The van der Waals surface area contributed by atoms with Crippen molar-refractivity contribution in [2.75, 3.05) is 19.0 Å². The Balaban J connectivity index is 1.66. The van der Waals surface area contributed by atoms with Gasteiger partial charge in [-0.25, -0.2) is 14.4 Å². The number of aromatic nitrogens is 2. The molecule has 1 fully saturated rings. The van der Waals surface area contributed by atoms with E-state index in [-0.39, 0.29) is 16.5 Å². The minimum absolute atomic E-state index is 0.213. The number of carbonyl (C=O) groups is 1. The van der Waals surface area contributed by atoms with Crippen molar-refractivity contribution in [2.45, 2.75) is 31.8 Å². The molecular weight excluding hydrogens is 343 g/mol. The van der Waals surface area contributed by atoms with Crippen LogP contribution in [-0.4, -0.2) is 34.9 Å². The van der Waals surface area contributed by atoms with Gasteiger partial charge in [0.05, 0.1) is 18.8 Å². The Morgan fingerprint density at radius 1 is 1.24 bits per heavy atom. The van der Waals surface area contributed by atoms with Gasteiger partial charge in [0.15, 0.2) is 0 Å². The third-order valence-corrected chi connectivity index (χ3v) is 4.76. The highest BCUT2D eigenvalue weighted by Crippen LogP contribution is 2.40. The largest absolute Gasteiger partial charge is 0.362 e. The Hall–Kier alpha value is -2.21. The van der Waals surface area contributed by atoms with Crippen molar-refractivity contribution in [3.05, 3.63) is 51.7 Å². The van der Waals surface area contributed by atoms with E-state index in [0.717, 1.165) is 35.7 Å². The summed E-state index contributed by atoms with van der Waals surface area (Å²) in [5, 5.41) is 0.213. The van der Waals surface area contributed by atoms with Crippen LogP contribution in [0.25, 0.3) is 0 Å². The van der Waals surface area contributed by atoms with Gasteiger partial charge in [-0.15, -0.1) is 0 Å². The Kier molecular flexibility index (Phi) is 3.87. The zero-order valence-corrected chi connectivity index (χ0v) is 14.8. The Morgan fingerprint density at radius 3 is 2.64 bits per heavy atom. The lowest BCUT2D eigenvalue weighted by molar-refractivity contribution is 0.0750. The van der Waals surface area contributed by atoms with Crippen LogP contribution < -0.4 is 4.90 Å². The number of nitrogens with zero attached hydrogens (tertiary/aromatic N) is 4. The first-order valence-corrected chi connectivity index (χ1v) is 8.62. The quantitative estimate of drug-likeness (QED) is 0.842. The summed E-state index contributed by atoms with van der Waals surface area (Å²) >= 11 is 5.88. The van der Waals surface area contributed by atoms with Crippen LogP contribution in [0.15, 0.2) is 18.2 Å². The zero-order valence-electron chi connectivity index (χ0n) is 14.1. The molecule has 0 saturated heterocycles. The maximum atomic E-state index is 13.6. The number of halogens is 2. The molecular formula is C18H18ClFN4O. The van der Waals surface area contributed by atoms with Crippen molar-refractivity contribution in [3.63, 3.8) is 0 Å². The molecule has 0 bridgehead atoms. The minimum Gasteiger partial charge on any atom is -0.362 e. The summed E-state index contributed by atoms with van der Waals surface area (Å²) < 4.78 is 13.6. The summed E-state index contributed by atoms with van der Waals surface area (Å²) in [4.78, 5) is 25.8. The molecule has 1 aliphatic carbocycles. The third-order valence-electron chi connectivity index (χ3n) is 4.54. The molecule has 25 heavy (non-hydrogen) atoms. The predicted octanol–water partition coefficient (Wildman–Crippen LogP) is 3.37. The molecule has 1 amide bonds. The third kappa shape index (κ3) is 3.06. The topological polar surface area (TPSA) is 49.3 Å². The van der Waals surface area contributed by atoms with Crippen molar-refractivity contribution >= 4 is 23.3 Å². The molecule has 1 aliphatic heterocycles. The fourth-order valence-corrected chi connectivity index (χ4v) is 3.38. The second-order valence-electron chi connectivity index (χ2n) is 6.82. The number of carbonyl (C=O) groups excluding carboxylic acids is 1. The van der Waals surface area contributed by atoms with Gasteiger partial charge in [-0.1, -0.05) is 11.6 Å². The van der Waals surface area contributed by atoms with Gasteiger partial charge in [-0.3, -0.25) is 4.79 Å². The summed E-state index contributed by atoms with van der Waals surface area (Å²) in [6.45, 7) is 0.826. The number of anilines is 1. The van der Waals surface area contributed by atoms with E-state index in [0.29, 0.717) is 19.0 Å². The van der Waals surface area contributed by atoms with E-state index < -0.39 is 5.82 Å². The summed E-state index contributed by atoms with van der Waals surface area (Å²) in [5.74, 6) is 1.40. The summed E-state index contributed by atoms with van der Waals surface area (Å²) in [5.41, 5.74) is 2.10. The predicted molar refractivity (Wildman–Crippen MR) is 93.3 cm³/mol. The van der Waals surface area contributed by atoms with Crippen molar-refractivity contribution < 1.29 is 9.18 Å². The van der Waals surface area contributed by atoms with Crippen LogP contribution in [0.1, 0.15) is 46.2 Å². The Morgan fingerprint density at radius 2 is 2.00 bits per heavy atom. The van der Waals surface area contributed by atoms with Gasteiger partial charge in [0.25, 0.3) is 5.91 Å². The van der Waals surface area contributed by atoms with E-state index >= 15 is 0 Å². The van der Waals surface area contributed by atoms with Crippen LogP contribution in [-0.2, 0) is 13.1 Å². The maximum Gasteiger partial charge on any atom is 0.254 e. The molecule has 2 heterocycles. The van der Waals surface area contributed by atoms with Gasteiger partial charge < -0.3 is 9.80 Å². The molecule has 130 valence electrons. The van der Waals surface area contributed by atoms with Gasteiger partial charge >= 0.3 is 0 Å². The highest BCUT2D eigenvalue weighted by molar-refractivity contribution is 6.31. The number of benzene rings is 1. The Bertz CT molecular complexity index is 846. The van der Waals surface area contributed by atoms with E-state index in [1.54, 1.807) is 4.90 Å². The van der Waals surface area contributed by atoms with E-state index in [9.17, 15) is 9.18 Å². The molecule has 5 nitrogen and oxygen atoms in total. The molecule has 1 saturated carbocycles. The number of rotatable bonds is 3. The first-order valence-electron chi connectivity index (χ1n) is 8.24. The minimum atomic E-state index is -0.516. The SMILES string of the molecule is CN(C)c1nc(C2CC2)nc2c1CN(C(=O)c1cc(F)cc(Cl)c1)C2. The van der Waals surface area contributed by atoms with Crippen LogP contribution in [0.5, 0.6) is 0 Å². The van der Waals surface area contributed by atoms with Crippen molar-refractivity contribution in [1.29, 1.82) is 0 Å². The molecule has 7 heteroatoms. The van der Waals surface area contributed by atoms with Gasteiger partial charge in [0.2, 0.25) is 0 Å². The molecule has 2 aliphatic rings. The van der Waals surface area contributed by atoms with Crippen LogP contribution in [0.2, 0.25) is 5.02 Å². The molecule has 2 aromatic rings. The van der Waals surface area contributed by atoms with E-state index in [4.69, 9.17) is 16.6 Å². The number of hydrogen-bond donors (Lipinski definition) is 0. The molecule has 1 aromatic heterocycles. The van der Waals surface area contributed by atoms with Gasteiger partial charge in [-0.05, 0) is 31.0 Å². The van der Waals surface area contributed by atoms with Crippen LogP contribution in [0, 0.1) is 5.82 Å². The smallest absolute Gasteiger partial charge is 0.254 e. The second-order valence-corrected chi connectivity index (χ2v) is 7.26. The zero-order chi connectivity index (χ0) is 17.7. The normalized spacial score (nSPS) is 16.1. The first-order chi connectivity index (χ1) is 11.9. The number of amides is 1. The molecule has 0 spiro atoms. The van der Waals surface area contributed by atoms with Gasteiger partial charge in [0, 0.05) is 36.2 Å². The van der Waals surface area contributed by atoms with Crippen LogP contribution >= 0.6 is 11.6 Å². The van der Waals surface area contributed by atoms with Crippen LogP contribution in [0.4, 0.5) is 10.2 Å². The molecule has 0 unspecified atom stereocenters. The molecule has 0 atom stereocenters. The highest BCUT2D eigenvalue weighted by atomic mass is 35.5. The van der Waals surface area contributed by atoms with Gasteiger partial charge in [0.1, 0.15) is 17.5 Å². The lowest BCUT2D eigenvalue weighted by Crippen LogP contribution is -2.25. The van der Waals surface area contributed by atoms with Crippen molar-refractivity contribution in [2.24, 2.45) is 0 Å². The monoisotopic (exact) mass is 360 g/mol. The van der Waals surface area contributed by atoms with Crippen molar-refractivity contribution in [1.82, 2.24) is 14.9 Å². The van der Waals surface area contributed by atoms with Gasteiger partial charge in [-0.2, -0.15) is 0 Å². The summed E-state index contributed by atoms with van der Waals surface area (Å²) in [7, 11) is 3.88. The number of fused-ring (bicyclic) bond motifs is 1. The lowest BCUT2D eigenvalue weighted by Gasteiger charge is -2.17. The first kappa shape index (κ1) is 16.3.